The van der Waals surface area contributed by atoms with Gasteiger partial charge in [0.25, 0.3) is 5.91 Å². The number of benzene rings is 2. The van der Waals surface area contributed by atoms with Crippen LogP contribution in [0.15, 0.2) is 47.4 Å². The molecule has 9 heteroatoms. The molecule has 2 aromatic rings. The number of halogens is 2. The first-order valence-electron chi connectivity index (χ1n) is 8.13. The maximum atomic E-state index is 13.2. The Balaban J connectivity index is 2.01. The van der Waals surface area contributed by atoms with Gasteiger partial charge >= 0.3 is 0 Å². The Kier molecular flexibility index (Phi) is 6.80. The monoisotopic (exact) mass is 414 g/mol. The summed E-state index contributed by atoms with van der Waals surface area (Å²) in [6.45, 7) is 4.97. The number of ether oxygens (including phenoxy) is 1. The number of sulfonamides is 1. The topological polar surface area (TPSA) is 84.5 Å². The van der Waals surface area contributed by atoms with Crippen molar-refractivity contribution in [1.82, 2.24) is 4.72 Å². The zero-order valence-electron chi connectivity index (χ0n) is 15.0. The number of hydrogen-bond acceptors (Lipinski definition) is 4. The van der Waals surface area contributed by atoms with Gasteiger partial charge in [0.15, 0.2) is 6.10 Å². The standard InChI is InChI=1S/C18H20ClFN2O4S/c1-11(2)22-27(24,25)15-7-4-13(5-8-15)21-18(23)12(3)26-14-6-9-17(20)16(19)10-14/h4-12,22H,1-3H3,(H,21,23)/t12-/m0/s1. The number of nitrogens with one attached hydrogen (secondary N) is 2. The van der Waals surface area contributed by atoms with Crippen molar-refractivity contribution < 1.29 is 22.3 Å². The fraction of sp³-hybridized carbons (Fsp3) is 0.278. The Hall–Kier alpha value is -2.16. The molecule has 0 aliphatic rings. The van der Waals surface area contributed by atoms with E-state index in [0.29, 0.717) is 5.69 Å². The number of rotatable bonds is 7. The highest BCUT2D eigenvalue weighted by Crippen LogP contribution is 2.22. The van der Waals surface area contributed by atoms with Crippen LogP contribution in [0, 0.1) is 5.82 Å². The van der Waals surface area contributed by atoms with Gasteiger partial charge in [-0.1, -0.05) is 11.6 Å². The average molecular weight is 415 g/mol. The van der Waals surface area contributed by atoms with Crippen LogP contribution < -0.4 is 14.8 Å². The SMILES string of the molecule is CC(C)NS(=O)(=O)c1ccc(NC(=O)[C@H](C)Oc2ccc(F)c(Cl)c2)cc1. The predicted octanol–water partition coefficient (Wildman–Crippen LogP) is 3.57. The minimum atomic E-state index is -3.60. The van der Waals surface area contributed by atoms with Crippen molar-refractivity contribution in [2.45, 2.75) is 37.8 Å². The van der Waals surface area contributed by atoms with Crippen LogP contribution in [0.5, 0.6) is 5.75 Å². The summed E-state index contributed by atoms with van der Waals surface area (Å²) >= 11 is 5.68. The normalized spacial score (nSPS) is 12.7. The highest BCUT2D eigenvalue weighted by Gasteiger charge is 2.18. The van der Waals surface area contributed by atoms with Gasteiger partial charge < -0.3 is 10.1 Å². The van der Waals surface area contributed by atoms with E-state index in [1.165, 1.54) is 43.3 Å². The van der Waals surface area contributed by atoms with E-state index in [4.69, 9.17) is 16.3 Å². The van der Waals surface area contributed by atoms with Gasteiger partial charge in [-0.15, -0.1) is 0 Å². The molecular formula is C18H20ClFN2O4S. The third kappa shape index (κ3) is 5.92. The number of amides is 1. The quantitative estimate of drug-likeness (QED) is 0.725. The highest BCUT2D eigenvalue weighted by atomic mass is 35.5. The van der Waals surface area contributed by atoms with E-state index in [0.717, 1.165) is 6.07 Å². The minimum absolute atomic E-state index is 0.0967. The summed E-state index contributed by atoms with van der Waals surface area (Å²) in [5, 5.41) is 2.52. The first kappa shape index (κ1) is 21.1. The second kappa shape index (κ2) is 8.69. The van der Waals surface area contributed by atoms with Crippen LogP contribution in [0.4, 0.5) is 10.1 Å². The molecule has 2 N–H and O–H groups in total. The number of anilines is 1. The molecule has 0 aromatic heterocycles. The molecule has 6 nitrogen and oxygen atoms in total. The average Bonchev–Trinajstić information content (AvgIpc) is 2.57. The molecule has 0 radical (unpaired) electrons. The van der Waals surface area contributed by atoms with Crippen LogP contribution >= 0.6 is 11.6 Å². The Morgan fingerprint density at radius 3 is 2.30 bits per heavy atom. The molecule has 0 saturated heterocycles. The summed E-state index contributed by atoms with van der Waals surface area (Å²) in [7, 11) is -3.60. The second-order valence-electron chi connectivity index (χ2n) is 6.13. The molecule has 146 valence electrons. The summed E-state index contributed by atoms with van der Waals surface area (Å²) in [5.41, 5.74) is 0.413. The van der Waals surface area contributed by atoms with E-state index in [2.05, 4.69) is 10.0 Å². The van der Waals surface area contributed by atoms with Crippen molar-refractivity contribution in [3.63, 3.8) is 0 Å². The van der Waals surface area contributed by atoms with Gasteiger partial charge in [-0.2, -0.15) is 0 Å². The van der Waals surface area contributed by atoms with Gasteiger partial charge in [0, 0.05) is 17.8 Å². The van der Waals surface area contributed by atoms with E-state index in [-0.39, 0.29) is 21.7 Å². The van der Waals surface area contributed by atoms with Crippen molar-refractivity contribution in [2.75, 3.05) is 5.32 Å². The fourth-order valence-electron chi connectivity index (χ4n) is 2.15. The Bertz CT molecular complexity index is 917. The summed E-state index contributed by atoms with van der Waals surface area (Å²) < 4.78 is 45.2. The van der Waals surface area contributed by atoms with Gasteiger partial charge in [-0.05, 0) is 57.2 Å². The Morgan fingerprint density at radius 2 is 1.74 bits per heavy atom. The summed E-state index contributed by atoms with van der Waals surface area (Å²) in [6.07, 6.45) is -0.877. The van der Waals surface area contributed by atoms with Crippen molar-refractivity contribution in [1.29, 1.82) is 0 Å². The molecule has 0 heterocycles. The van der Waals surface area contributed by atoms with E-state index >= 15 is 0 Å². The van der Waals surface area contributed by atoms with Gasteiger partial charge in [0.1, 0.15) is 11.6 Å². The van der Waals surface area contributed by atoms with E-state index in [9.17, 15) is 17.6 Å². The third-order valence-corrected chi connectivity index (χ3v) is 5.36. The zero-order chi connectivity index (χ0) is 20.2. The number of carbonyl (C=O) groups excluding carboxylic acids is 1. The molecule has 1 amide bonds. The first-order chi connectivity index (χ1) is 12.6. The minimum Gasteiger partial charge on any atom is -0.481 e. The molecule has 27 heavy (non-hydrogen) atoms. The van der Waals surface area contributed by atoms with Gasteiger partial charge in [-0.25, -0.2) is 17.5 Å². The molecule has 2 aromatic carbocycles. The largest absolute Gasteiger partial charge is 0.481 e. The summed E-state index contributed by atoms with van der Waals surface area (Å²) in [4.78, 5) is 12.3. The van der Waals surface area contributed by atoms with Gasteiger partial charge in [0.05, 0.1) is 9.92 Å². The van der Waals surface area contributed by atoms with Crippen molar-refractivity contribution >= 4 is 33.2 Å². The Labute approximate surface area is 162 Å². The van der Waals surface area contributed by atoms with E-state index in [1.54, 1.807) is 13.8 Å². The lowest BCUT2D eigenvalue weighted by Crippen LogP contribution is -2.31. The molecule has 1 atom stereocenters. The third-order valence-electron chi connectivity index (χ3n) is 3.40. The lowest BCUT2D eigenvalue weighted by Gasteiger charge is -2.15. The molecule has 0 aliphatic heterocycles. The van der Waals surface area contributed by atoms with Crippen LogP contribution in [-0.2, 0) is 14.8 Å². The molecule has 0 saturated carbocycles. The molecule has 0 fully saturated rings. The van der Waals surface area contributed by atoms with Gasteiger partial charge in [-0.3, -0.25) is 4.79 Å². The van der Waals surface area contributed by atoms with Crippen LogP contribution in [0.25, 0.3) is 0 Å². The molecular weight excluding hydrogens is 395 g/mol. The Morgan fingerprint density at radius 1 is 1.11 bits per heavy atom. The number of carbonyl (C=O) groups is 1. The fourth-order valence-corrected chi connectivity index (χ4v) is 3.57. The second-order valence-corrected chi connectivity index (χ2v) is 8.25. The van der Waals surface area contributed by atoms with Crippen molar-refractivity contribution in [2.24, 2.45) is 0 Å². The molecule has 0 spiro atoms. The van der Waals surface area contributed by atoms with Gasteiger partial charge in [0.2, 0.25) is 10.0 Å². The highest BCUT2D eigenvalue weighted by molar-refractivity contribution is 7.89. The van der Waals surface area contributed by atoms with Crippen molar-refractivity contribution in [3.05, 3.63) is 53.3 Å². The smallest absolute Gasteiger partial charge is 0.265 e. The maximum Gasteiger partial charge on any atom is 0.265 e. The maximum absolute atomic E-state index is 13.2. The lowest BCUT2D eigenvalue weighted by molar-refractivity contribution is -0.122. The molecule has 2 rings (SSSR count). The van der Waals surface area contributed by atoms with Crippen LogP contribution in [0.3, 0.4) is 0 Å². The number of hydrogen-bond donors (Lipinski definition) is 2. The van der Waals surface area contributed by atoms with Crippen LogP contribution in [0.1, 0.15) is 20.8 Å². The van der Waals surface area contributed by atoms with E-state index in [1.807, 2.05) is 0 Å². The van der Waals surface area contributed by atoms with Crippen LogP contribution in [0.2, 0.25) is 5.02 Å². The van der Waals surface area contributed by atoms with E-state index < -0.39 is 27.9 Å². The first-order valence-corrected chi connectivity index (χ1v) is 9.99. The summed E-state index contributed by atoms with van der Waals surface area (Å²) in [5.74, 6) is -0.778. The van der Waals surface area contributed by atoms with Crippen molar-refractivity contribution in [3.8, 4) is 5.75 Å². The molecule has 0 bridgehead atoms. The molecule has 0 unspecified atom stereocenters. The lowest BCUT2D eigenvalue weighted by atomic mass is 10.3. The van der Waals surface area contributed by atoms with Crippen LogP contribution in [-0.4, -0.2) is 26.5 Å². The molecule has 0 aliphatic carbocycles. The summed E-state index contributed by atoms with van der Waals surface area (Å²) in [6, 6.07) is 9.31. The zero-order valence-corrected chi connectivity index (χ0v) is 16.6. The predicted molar refractivity (Wildman–Crippen MR) is 102 cm³/mol.